The Hall–Kier alpha value is -0.880. The quantitative estimate of drug-likeness (QED) is 0.285. The van der Waals surface area contributed by atoms with E-state index in [0.717, 1.165) is 25.4 Å². The van der Waals surface area contributed by atoms with E-state index in [0.29, 0.717) is 19.3 Å². The van der Waals surface area contributed by atoms with Gasteiger partial charge >= 0.3 is 0 Å². The third-order valence-electron chi connectivity index (χ3n) is 8.20. The van der Waals surface area contributed by atoms with E-state index in [1.165, 1.54) is 6.08 Å². The van der Waals surface area contributed by atoms with Gasteiger partial charge in [-0.2, -0.15) is 0 Å². The fraction of sp³-hybridized carbons (Fsp3) is 0.731. The van der Waals surface area contributed by atoms with Gasteiger partial charge in [-0.1, -0.05) is 33.8 Å². The van der Waals surface area contributed by atoms with Gasteiger partial charge < -0.3 is 15.0 Å². The highest BCUT2D eigenvalue weighted by molar-refractivity contribution is 7.96. The van der Waals surface area contributed by atoms with E-state index in [2.05, 4.69) is 21.9 Å². The maximum absolute atomic E-state index is 16.8. The van der Waals surface area contributed by atoms with Crippen LogP contribution in [0.2, 0.25) is 0 Å². The van der Waals surface area contributed by atoms with E-state index in [1.807, 2.05) is 34.6 Å². The van der Waals surface area contributed by atoms with Crippen molar-refractivity contribution >= 4 is 39.1 Å². The summed E-state index contributed by atoms with van der Waals surface area (Å²) in [6, 6.07) is 0. The van der Waals surface area contributed by atoms with Crippen molar-refractivity contribution < 1.29 is 29.0 Å². The number of allylic oxidation sites excluding steroid dienone is 4. The molecule has 8 heteroatoms. The van der Waals surface area contributed by atoms with Gasteiger partial charge in [-0.3, -0.25) is 9.59 Å². The minimum Gasteiger partial charge on any atom is -0.400 e. The first-order valence-corrected chi connectivity index (χ1v) is 13.3. The summed E-state index contributed by atoms with van der Waals surface area (Å²) in [6.07, 6.45) is 7.29. The van der Waals surface area contributed by atoms with Crippen LogP contribution in [-0.4, -0.2) is 51.9 Å². The first-order chi connectivity index (χ1) is 16.0. The monoisotopic (exact) mass is 516 g/mol. The number of ketones is 1. The summed E-state index contributed by atoms with van der Waals surface area (Å²) >= 11 is 4.08. The highest BCUT2D eigenvalue weighted by Gasteiger charge is 2.71. The third kappa shape index (κ3) is 5.00. The van der Waals surface area contributed by atoms with Crippen molar-refractivity contribution in [2.75, 3.05) is 7.11 Å². The third-order valence-corrected chi connectivity index (χ3v) is 9.14. The van der Waals surface area contributed by atoms with E-state index < -0.39 is 22.6 Å². The van der Waals surface area contributed by atoms with E-state index in [4.69, 9.17) is 5.11 Å². The van der Waals surface area contributed by atoms with Gasteiger partial charge in [0.25, 0.3) is 0 Å². The van der Waals surface area contributed by atoms with E-state index in [1.54, 1.807) is 12.2 Å². The summed E-state index contributed by atoms with van der Waals surface area (Å²) < 4.78 is 16.8. The van der Waals surface area contributed by atoms with Gasteiger partial charge in [-0.05, 0) is 67.3 Å². The molecule has 0 aromatic carbocycles. The molecular weight excluding hydrogens is 474 g/mol. The number of halogens is 1. The molecular formula is C26H42FO5PS. The van der Waals surface area contributed by atoms with Gasteiger partial charge in [-0.25, -0.2) is 4.39 Å². The molecule has 0 aromatic heterocycles. The Bertz CT molecular complexity index is 817. The minimum atomic E-state index is -1.83. The number of aldehydes is 1. The van der Waals surface area contributed by atoms with Crippen LogP contribution in [0.3, 0.4) is 0 Å². The SMILES string of the molecule is CC.CC12CC(O)[C@@]3(F)C(C[C@H](P)C4=CC(=O)C=CC43C)C1CCC2C(=O)S.CCC=O.CO. The van der Waals surface area contributed by atoms with Crippen LogP contribution in [0, 0.1) is 28.6 Å². The highest BCUT2D eigenvalue weighted by Crippen LogP contribution is 2.69. The molecule has 3 saturated carbocycles. The Kier molecular flexibility index (Phi) is 11.3. The molecule has 0 spiro atoms. The standard InChI is InChI=1S/C20H26FO3PS.C3H6O.C2H6.CH4O/c1-18-9-16(23)20(21)13(11(18)3-4-12(18)17(24)26)8-15(25)14-7-10(22)5-6-19(14,20)2;1-2-3-4;2*1-2/h5-7,11-13,15-16,23H,3-4,8-9,25H2,1-2H3,(H,24,26);3H,2H2,1H3;1-2H3;2H,1H3/t11?,12?,13?,15-,16?,18?,19?,20-;;;/m0.../s1. The van der Waals surface area contributed by atoms with Crippen LogP contribution in [0.25, 0.3) is 0 Å². The smallest absolute Gasteiger partial charge is 0.189 e. The molecule has 3 fully saturated rings. The lowest BCUT2D eigenvalue weighted by atomic mass is 9.45. The van der Waals surface area contributed by atoms with Crippen molar-refractivity contribution in [3.8, 4) is 0 Å². The van der Waals surface area contributed by atoms with E-state index in [9.17, 15) is 19.5 Å². The summed E-state index contributed by atoms with van der Waals surface area (Å²) in [5.41, 5.74) is -2.50. The molecule has 0 aliphatic heterocycles. The van der Waals surface area contributed by atoms with Gasteiger partial charge in [-0.15, -0.1) is 21.9 Å². The number of fused-ring (bicyclic) bond motifs is 5. The highest BCUT2D eigenvalue weighted by atomic mass is 32.1. The van der Waals surface area contributed by atoms with Crippen molar-refractivity contribution in [2.24, 2.45) is 28.6 Å². The summed E-state index contributed by atoms with van der Waals surface area (Å²) in [5.74, 6) is -0.671. The van der Waals surface area contributed by atoms with Crippen molar-refractivity contribution in [2.45, 2.75) is 84.2 Å². The molecule has 0 saturated heterocycles. The molecule has 9 atom stereocenters. The molecule has 194 valence electrons. The topological polar surface area (TPSA) is 91.7 Å². The van der Waals surface area contributed by atoms with Crippen LogP contribution < -0.4 is 0 Å². The number of hydrogen-bond donors (Lipinski definition) is 3. The number of rotatable bonds is 2. The Morgan fingerprint density at radius 3 is 2.32 bits per heavy atom. The lowest BCUT2D eigenvalue weighted by Gasteiger charge is -2.63. The first kappa shape index (κ1) is 31.2. The summed E-state index contributed by atoms with van der Waals surface area (Å²) in [7, 11) is 3.77. The molecule has 4 aliphatic rings. The zero-order chi connectivity index (χ0) is 26.5. The van der Waals surface area contributed by atoms with E-state index >= 15 is 4.39 Å². The second-order valence-corrected chi connectivity index (χ2v) is 10.9. The zero-order valence-corrected chi connectivity index (χ0v) is 23.3. The van der Waals surface area contributed by atoms with Crippen LogP contribution >= 0.6 is 21.9 Å². The maximum atomic E-state index is 16.8. The molecule has 0 heterocycles. The Labute approximate surface area is 211 Å². The van der Waals surface area contributed by atoms with Crippen LogP contribution in [0.5, 0.6) is 0 Å². The molecule has 34 heavy (non-hydrogen) atoms. The fourth-order valence-electron chi connectivity index (χ4n) is 6.73. The largest absolute Gasteiger partial charge is 0.400 e. The van der Waals surface area contributed by atoms with Crippen LogP contribution in [-0.2, 0) is 14.4 Å². The lowest BCUT2D eigenvalue weighted by molar-refractivity contribution is -0.193. The van der Waals surface area contributed by atoms with Gasteiger partial charge in [0.2, 0.25) is 0 Å². The normalized spacial score (nSPS) is 41.4. The Morgan fingerprint density at radius 1 is 1.26 bits per heavy atom. The van der Waals surface area contributed by atoms with Crippen LogP contribution in [0.1, 0.15) is 66.7 Å². The molecule has 4 rings (SSSR count). The number of alkyl halides is 1. The summed E-state index contributed by atoms with van der Waals surface area (Å²) in [4.78, 5) is 33.1. The fourth-order valence-corrected chi connectivity index (χ4v) is 7.89. The van der Waals surface area contributed by atoms with Gasteiger partial charge in [0.1, 0.15) is 6.29 Å². The molecule has 0 aromatic rings. The number of aliphatic hydroxyl groups is 2. The number of carbonyl (C=O) groups excluding carboxylic acids is 3. The molecule has 2 N–H and O–H groups in total. The molecule has 0 radical (unpaired) electrons. The zero-order valence-electron chi connectivity index (χ0n) is 21.3. The number of carbonyl (C=O) groups is 3. The maximum Gasteiger partial charge on any atom is 0.189 e. The second kappa shape index (κ2) is 12.4. The van der Waals surface area contributed by atoms with Crippen molar-refractivity contribution in [3.63, 3.8) is 0 Å². The number of thiol groups is 1. The lowest BCUT2D eigenvalue weighted by Crippen LogP contribution is -2.68. The summed E-state index contributed by atoms with van der Waals surface area (Å²) in [5, 5.41) is 17.9. The number of aliphatic hydroxyl groups excluding tert-OH is 2. The van der Waals surface area contributed by atoms with Crippen molar-refractivity contribution in [1.82, 2.24) is 0 Å². The predicted molar refractivity (Wildman–Crippen MR) is 141 cm³/mol. The van der Waals surface area contributed by atoms with Gasteiger partial charge in [0.05, 0.1) is 6.10 Å². The molecule has 0 amide bonds. The molecule has 0 bridgehead atoms. The molecule has 4 aliphatic carbocycles. The molecule has 7 unspecified atom stereocenters. The predicted octanol–water partition coefficient (Wildman–Crippen LogP) is 4.51. The Balaban J connectivity index is 0.000000644. The summed E-state index contributed by atoms with van der Waals surface area (Å²) in [6.45, 7) is 9.65. The van der Waals surface area contributed by atoms with E-state index in [-0.39, 0.29) is 40.7 Å². The average Bonchev–Trinajstić information content (AvgIpc) is 3.17. The number of hydrogen-bond acceptors (Lipinski definition) is 5. The molecule has 5 nitrogen and oxygen atoms in total. The minimum absolute atomic E-state index is 0.0110. The Morgan fingerprint density at radius 2 is 1.82 bits per heavy atom. The van der Waals surface area contributed by atoms with Gasteiger partial charge in [0, 0.05) is 30.8 Å². The first-order valence-electron chi connectivity index (χ1n) is 12.2. The van der Waals surface area contributed by atoms with Crippen LogP contribution in [0.4, 0.5) is 4.39 Å². The van der Waals surface area contributed by atoms with Crippen LogP contribution in [0.15, 0.2) is 23.8 Å². The van der Waals surface area contributed by atoms with Crippen molar-refractivity contribution in [1.29, 1.82) is 0 Å². The van der Waals surface area contributed by atoms with Gasteiger partial charge in [0.15, 0.2) is 16.6 Å². The van der Waals surface area contributed by atoms with Crippen molar-refractivity contribution in [3.05, 3.63) is 23.8 Å². The average molecular weight is 517 g/mol. The second-order valence-electron chi connectivity index (χ2n) is 9.63.